The Morgan fingerprint density at radius 2 is 2.17 bits per heavy atom. The number of piperidine rings is 1. The van der Waals surface area contributed by atoms with Crippen molar-refractivity contribution in [3.63, 3.8) is 0 Å². The topological polar surface area (TPSA) is 67.3 Å². The number of thiazole rings is 1. The highest BCUT2D eigenvalue weighted by Crippen LogP contribution is 2.30. The van der Waals surface area contributed by atoms with Crippen LogP contribution in [0.1, 0.15) is 25.3 Å². The molecule has 4 rings (SSSR count). The van der Waals surface area contributed by atoms with Crippen LogP contribution >= 0.6 is 11.3 Å². The molecule has 3 heterocycles. The van der Waals surface area contributed by atoms with Gasteiger partial charge in [0.05, 0.1) is 12.5 Å². The molecular formula is C22H26N4O2S. The van der Waals surface area contributed by atoms with Crippen molar-refractivity contribution in [2.24, 2.45) is 5.92 Å². The maximum atomic E-state index is 12.7. The van der Waals surface area contributed by atoms with Gasteiger partial charge in [-0.25, -0.2) is 9.97 Å². The predicted molar refractivity (Wildman–Crippen MR) is 117 cm³/mol. The van der Waals surface area contributed by atoms with Crippen molar-refractivity contribution in [2.45, 2.75) is 26.2 Å². The number of nitrogens with one attached hydrogen (secondary N) is 1. The van der Waals surface area contributed by atoms with Gasteiger partial charge in [-0.3, -0.25) is 4.79 Å². The Hall–Kier alpha value is -2.67. The van der Waals surface area contributed by atoms with Crippen LogP contribution in [-0.4, -0.2) is 42.1 Å². The van der Waals surface area contributed by atoms with Gasteiger partial charge in [-0.2, -0.15) is 0 Å². The Morgan fingerprint density at radius 3 is 2.97 bits per heavy atom. The third-order valence-electron chi connectivity index (χ3n) is 5.17. The number of amides is 1. The number of pyridine rings is 1. The normalized spacial score (nSPS) is 16.7. The van der Waals surface area contributed by atoms with Gasteiger partial charge in [0.2, 0.25) is 5.91 Å². The molecule has 1 amide bonds. The number of benzene rings is 1. The van der Waals surface area contributed by atoms with Crippen LogP contribution in [0.5, 0.6) is 5.75 Å². The van der Waals surface area contributed by atoms with Crippen molar-refractivity contribution in [3.8, 4) is 5.75 Å². The molecule has 0 spiro atoms. The van der Waals surface area contributed by atoms with E-state index in [1.54, 1.807) is 17.5 Å². The highest BCUT2D eigenvalue weighted by molar-refractivity contribution is 7.21. The lowest BCUT2D eigenvalue weighted by Gasteiger charge is -2.31. The number of carbonyl (C=O) groups is 1. The van der Waals surface area contributed by atoms with Gasteiger partial charge in [0, 0.05) is 25.8 Å². The molecule has 1 fully saturated rings. The quantitative estimate of drug-likeness (QED) is 0.644. The smallest absolute Gasteiger partial charge is 0.224 e. The Labute approximate surface area is 174 Å². The van der Waals surface area contributed by atoms with Crippen molar-refractivity contribution in [2.75, 3.05) is 31.1 Å². The number of hydrogen-bond acceptors (Lipinski definition) is 6. The highest BCUT2D eigenvalue weighted by atomic mass is 32.1. The van der Waals surface area contributed by atoms with Crippen LogP contribution in [0.2, 0.25) is 0 Å². The first kappa shape index (κ1) is 19.6. The molecule has 7 heteroatoms. The largest absolute Gasteiger partial charge is 0.494 e. The Bertz CT molecular complexity index is 924. The first-order chi connectivity index (χ1) is 14.2. The standard InChI is InChI=1S/C22H26N4O2S/c1-2-28-18-9-7-16(8-10-18)11-13-23-20(27)17-5-4-14-26(15-17)22-25-19-6-3-12-24-21(19)29-22/h3,6-10,12,17H,2,4-5,11,13-15H2,1H3,(H,23,27)/t17-/m1/s1. The number of ether oxygens (including phenoxy) is 1. The summed E-state index contributed by atoms with van der Waals surface area (Å²) in [6.07, 6.45) is 4.54. The summed E-state index contributed by atoms with van der Waals surface area (Å²) in [4.78, 5) is 24.9. The van der Waals surface area contributed by atoms with E-state index in [-0.39, 0.29) is 11.8 Å². The fourth-order valence-electron chi connectivity index (χ4n) is 3.65. The number of rotatable bonds is 7. The molecule has 1 aromatic carbocycles. The van der Waals surface area contributed by atoms with Gasteiger partial charge < -0.3 is 15.0 Å². The lowest BCUT2D eigenvalue weighted by Crippen LogP contribution is -2.43. The van der Waals surface area contributed by atoms with E-state index in [4.69, 9.17) is 9.72 Å². The van der Waals surface area contributed by atoms with E-state index >= 15 is 0 Å². The summed E-state index contributed by atoms with van der Waals surface area (Å²) in [5.41, 5.74) is 2.12. The summed E-state index contributed by atoms with van der Waals surface area (Å²) in [6.45, 7) is 4.95. The molecule has 1 atom stereocenters. The average molecular weight is 411 g/mol. The molecule has 6 nitrogen and oxygen atoms in total. The minimum absolute atomic E-state index is 0.00375. The van der Waals surface area contributed by atoms with E-state index in [9.17, 15) is 4.79 Å². The number of fused-ring (bicyclic) bond motifs is 1. The minimum Gasteiger partial charge on any atom is -0.494 e. The number of nitrogens with zero attached hydrogens (tertiary/aromatic N) is 3. The molecule has 1 aliphatic rings. The Balaban J connectivity index is 1.29. The maximum Gasteiger partial charge on any atom is 0.224 e. The number of aromatic nitrogens is 2. The maximum absolute atomic E-state index is 12.7. The van der Waals surface area contributed by atoms with E-state index in [1.807, 2.05) is 31.2 Å². The molecule has 29 heavy (non-hydrogen) atoms. The van der Waals surface area contributed by atoms with Crippen molar-refractivity contribution in [1.29, 1.82) is 0 Å². The van der Waals surface area contributed by atoms with Crippen LogP contribution in [0.15, 0.2) is 42.6 Å². The van der Waals surface area contributed by atoms with Crippen LogP contribution in [0.4, 0.5) is 5.13 Å². The summed E-state index contributed by atoms with van der Waals surface area (Å²) < 4.78 is 5.47. The predicted octanol–water partition coefficient (Wildman–Crippen LogP) is 3.67. The van der Waals surface area contributed by atoms with Gasteiger partial charge in [-0.1, -0.05) is 23.5 Å². The van der Waals surface area contributed by atoms with E-state index < -0.39 is 0 Å². The second kappa shape index (κ2) is 9.22. The zero-order valence-electron chi connectivity index (χ0n) is 16.6. The second-order valence-electron chi connectivity index (χ2n) is 7.23. The Kier molecular flexibility index (Phi) is 6.24. The average Bonchev–Trinajstić information content (AvgIpc) is 3.20. The lowest BCUT2D eigenvalue weighted by molar-refractivity contribution is -0.125. The molecule has 1 saturated heterocycles. The summed E-state index contributed by atoms with van der Waals surface area (Å²) in [5.74, 6) is 1.02. The molecule has 3 aromatic rings. The number of hydrogen-bond donors (Lipinski definition) is 1. The molecule has 0 bridgehead atoms. The number of anilines is 1. The molecule has 0 unspecified atom stereocenters. The highest BCUT2D eigenvalue weighted by Gasteiger charge is 2.27. The third-order valence-corrected chi connectivity index (χ3v) is 6.21. The van der Waals surface area contributed by atoms with Gasteiger partial charge in [-0.15, -0.1) is 0 Å². The Morgan fingerprint density at radius 1 is 1.31 bits per heavy atom. The zero-order chi connectivity index (χ0) is 20.1. The SMILES string of the molecule is CCOc1ccc(CCNC(=O)[C@@H]2CCCN(c3nc4cccnc4s3)C2)cc1. The first-order valence-electron chi connectivity index (χ1n) is 10.2. The molecule has 1 N–H and O–H groups in total. The summed E-state index contributed by atoms with van der Waals surface area (Å²) in [6, 6.07) is 12.0. The summed E-state index contributed by atoms with van der Waals surface area (Å²) in [7, 11) is 0. The van der Waals surface area contributed by atoms with Crippen LogP contribution < -0.4 is 15.0 Å². The minimum atomic E-state index is 0.00375. The monoisotopic (exact) mass is 410 g/mol. The molecule has 2 aromatic heterocycles. The van der Waals surface area contributed by atoms with Crippen molar-refractivity contribution < 1.29 is 9.53 Å². The molecule has 152 valence electrons. The van der Waals surface area contributed by atoms with Crippen LogP contribution in [0, 0.1) is 5.92 Å². The van der Waals surface area contributed by atoms with Crippen LogP contribution in [-0.2, 0) is 11.2 Å². The molecular weight excluding hydrogens is 384 g/mol. The third kappa shape index (κ3) is 4.85. The molecule has 0 radical (unpaired) electrons. The van der Waals surface area contributed by atoms with Gasteiger partial charge in [0.1, 0.15) is 16.1 Å². The van der Waals surface area contributed by atoms with Gasteiger partial charge in [0.15, 0.2) is 5.13 Å². The van der Waals surface area contributed by atoms with Crippen molar-refractivity contribution in [3.05, 3.63) is 48.2 Å². The second-order valence-corrected chi connectivity index (χ2v) is 8.18. The van der Waals surface area contributed by atoms with E-state index in [0.717, 1.165) is 47.0 Å². The lowest BCUT2D eigenvalue weighted by atomic mass is 9.97. The van der Waals surface area contributed by atoms with Gasteiger partial charge in [-0.05, 0) is 56.0 Å². The van der Waals surface area contributed by atoms with Gasteiger partial charge >= 0.3 is 0 Å². The zero-order valence-corrected chi connectivity index (χ0v) is 17.5. The molecule has 0 aliphatic carbocycles. The summed E-state index contributed by atoms with van der Waals surface area (Å²) in [5, 5.41) is 4.08. The van der Waals surface area contributed by atoms with Gasteiger partial charge in [0.25, 0.3) is 0 Å². The molecule has 1 aliphatic heterocycles. The van der Waals surface area contributed by atoms with E-state index in [2.05, 4.69) is 27.3 Å². The van der Waals surface area contributed by atoms with Crippen molar-refractivity contribution >= 4 is 32.7 Å². The fourth-order valence-corrected chi connectivity index (χ4v) is 4.60. The van der Waals surface area contributed by atoms with Crippen LogP contribution in [0.25, 0.3) is 10.3 Å². The fraction of sp³-hybridized carbons (Fsp3) is 0.409. The summed E-state index contributed by atoms with van der Waals surface area (Å²) >= 11 is 1.60. The van der Waals surface area contributed by atoms with E-state index in [0.29, 0.717) is 19.7 Å². The number of carbonyl (C=O) groups excluding carboxylic acids is 1. The first-order valence-corrected chi connectivity index (χ1v) is 11.0. The van der Waals surface area contributed by atoms with Crippen molar-refractivity contribution in [1.82, 2.24) is 15.3 Å². The molecule has 0 saturated carbocycles. The van der Waals surface area contributed by atoms with E-state index in [1.165, 1.54) is 5.56 Å². The van der Waals surface area contributed by atoms with Crippen LogP contribution in [0.3, 0.4) is 0 Å².